The standard InChI is InChI=1S/C18H29NO2/c1-4-5-15(13-19-8-9-20-3)11-17-12-16-10-14(2)6-7-18(16)21-17/h6-7,10,15,17,19H,4-5,8-9,11-13H2,1-3H3. The second kappa shape index (κ2) is 8.40. The number of nitrogens with one attached hydrogen (secondary N) is 1. The highest BCUT2D eigenvalue weighted by atomic mass is 16.5. The van der Waals surface area contributed by atoms with Crippen LogP contribution in [-0.2, 0) is 11.2 Å². The Morgan fingerprint density at radius 2 is 2.29 bits per heavy atom. The SMILES string of the molecule is CCCC(CNCCOC)CC1Cc2cc(C)ccc2O1. The Kier molecular flexibility index (Phi) is 6.52. The molecule has 0 aromatic heterocycles. The lowest BCUT2D eigenvalue weighted by atomic mass is 9.94. The molecule has 1 aromatic rings. The molecule has 2 atom stereocenters. The first-order valence-corrected chi connectivity index (χ1v) is 8.18. The minimum absolute atomic E-state index is 0.350. The minimum atomic E-state index is 0.350. The van der Waals surface area contributed by atoms with E-state index in [9.17, 15) is 0 Å². The first kappa shape index (κ1) is 16.3. The first-order chi connectivity index (χ1) is 10.2. The molecule has 0 saturated carbocycles. The Hall–Kier alpha value is -1.06. The highest BCUT2D eigenvalue weighted by Gasteiger charge is 2.25. The lowest BCUT2D eigenvalue weighted by Gasteiger charge is -2.20. The summed E-state index contributed by atoms with van der Waals surface area (Å²) in [6.07, 6.45) is 5.05. The fourth-order valence-corrected chi connectivity index (χ4v) is 3.14. The van der Waals surface area contributed by atoms with Crippen molar-refractivity contribution in [1.82, 2.24) is 5.32 Å². The average Bonchev–Trinajstić information content (AvgIpc) is 2.85. The topological polar surface area (TPSA) is 30.5 Å². The molecule has 0 aliphatic carbocycles. The second-order valence-corrected chi connectivity index (χ2v) is 6.14. The molecule has 2 unspecified atom stereocenters. The van der Waals surface area contributed by atoms with Crippen LogP contribution in [0.1, 0.15) is 37.3 Å². The predicted octanol–water partition coefficient (Wildman–Crippen LogP) is 3.34. The van der Waals surface area contributed by atoms with Gasteiger partial charge in [0.1, 0.15) is 11.9 Å². The van der Waals surface area contributed by atoms with Crippen molar-refractivity contribution in [2.75, 3.05) is 26.8 Å². The van der Waals surface area contributed by atoms with E-state index in [0.717, 1.165) is 38.3 Å². The molecule has 1 aromatic carbocycles. The smallest absolute Gasteiger partial charge is 0.123 e. The fourth-order valence-electron chi connectivity index (χ4n) is 3.14. The van der Waals surface area contributed by atoms with Gasteiger partial charge in [0.2, 0.25) is 0 Å². The van der Waals surface area contributed by atoms with E-state index in [1.807, 2.05) is 0 Å². The summed E-state index contributed by atoms with van der Waals surface area (Å²) in [6.45, 7) is 7.18. The van der Waals surface area contributed by atoms with Gasteiger partial charge in [0, 0.05) is 20.1 Å². The maximum atomic E-state index is 6.11. The maximum Gasteiger partial charge on any atom is 0.123 e. The molecule has 1 aliphatic heterocycles. The molecule has 21 heavy (non-hydrogen) atoms. The van der Waals surface area contributed by atoms with Gasteiger partial charge in [0.25, 0.3) is 0 Å². The highest BCUT2D eigenvalue weighted by Crippen LogP contribution is 2.32. The van der Waals surface area contributed by atoms with Crippen LogP contribution in [0.15, 0.2) is 18.2 Å². The average molecular weight is 291 g/mol. The van der Waals surface area contributed by atoms with Crippen LogP contribution in [0.5, 0.6) is 5.75 Å². The third-order valence-corrected chi connectivity index (χ3v) is 4.17. The summed E-state index contributed by atoms with van der Waals surface area (Å²) in [5.41, 5.74) is 2.70. The van der Waals surface area contributed by atoms with E-state index in [2.05, 4.69) is 37.4 Å². The van der Waals surface area contributed by atoms with Gasteiger partial charge in [-0.05, 0) is 43.9 Å². The molecule has 0 spiro atoms. The Balaban J connectivity index is 1.81. The van der Waals surface area contributed by atoms with Gasteiger partial charge in [-0.2, -0.15) is 0 Å². The Bertz CT molecular complexity index is 433. The molecular formula is C18H29NO2. The summed E-state index contributed by atoms with van der Waals surface area (Å²) in [7, 11) is 1.75. The van der Waals surface area contributed by atoms with Gasteiger partial charge < -0.3 is 14.8 Å². The molecule has 118 valence electrons. The van der Waals surface area contributed by atoms with Crippen LogP contribution in [0.3, 0.4) is 0 Å². The molecule has 0 amide bonds. The van der Waals surface area contributed by atoms with Crippen molar-refractivity contribution in [1.29, 1.82) is 0 Å². The van der Waals surface area contributed by atoms with E-state index in [0.29, 0.717) is 12.0 Å². The predicted molar refractivity (Wildman–Crippen MR) is 87.1 cm³/mol. The van der Waals surface area contributed by atoms with Crippen molar-refractivity contribution in [2.24, 2.45) is 5.92 Å². The van der Waals surface area contributed by atoms with Crippen molar-refractivity contribution >= 4 is 0 Å². The summed E-state index contributed by atoms with van der Waals surface area (Å²) in [5, 5.41) is 3.49. The van der Waals surface area contributed by atoms with Gasteiger partial charge in [0.05, 0.1) is 6.61 Å². The van der Waals surface area contributed by atoms with Gasteiger partial charge in [-0.25, -0.2) is 0 Å². The molecule has 1 heterocycles. The number of hydrogen-bond acceptors (Lipinski definition) is 3. The van der Waals surface area contributed by atoms with E-state index in [4.69, 9.17) is 9.47 Å². The lowest BCUT2D eigenvalue weighted by Crippen LogP contribution is -2.29. The van der Waals surface area contributed by atoms with Gasteiger partial charge >= 0.3 is 0 Å². The van der Waals surface area contributed by atoms with E-state index in [1.54, 1.807) is 7.11 Å². The number of fused-ring (bicyclic) bond motifs is 1. The lowest BCUT2D eigenvalue weighted by molar-refractivity contribution is 0.179. The van der Waals surface area contributed by atoms with Crippen LogP contribution in [-0.4, -0.2) is 32.9 Å². The van der Waals surface area contributed by atoms with Gasteiger partial charge in [-0.3, -0.25) is 0 Å². The van der Waals surface area contributed by atoms with Crippen LogP contribution in [0.4, 0.5) is 0 Å². The molecule has 3 nitrogen and oxygen atoms in total. The van der Waals surface area contributed by atoms with Gasteiger partial charge in [-0.15, -0.1) is 0 Å². The molecule has 0 fully saturated rings. The largest absolute Gasteiger partial charge is 0.490 e. The van der Waals surface area contributed by atoms with E-state index in [-0.39, 0.29) is 0 Å². The molecular weight excluding hydrogens is 262 g/mol. The van der Waals surface area contributed by atoms with Crippen LogP contribution < -0.4 is 10.1 Å². The first-order valence-electron chi connectivity index (χ1n) is 8.18. The zero-order valence-corrected chi connectivity index (χ0v) is 13.7. The van der Waals surface area contributed by atoms with Crippen LogP contribution >= 0.6 is 0 Å². The Morgan fingerprint density at radius 3 is 3.05 bits per heavy atom. The molecule has 3 heteroatoms. The monoisotopic (exact) mass is 291 g/mol. The van der Waals surface area contributed by atoms with Crippen LogP contribution in [0.25, 0.3) is 0 Å². The van der Waals surface area contributed by atoms with Crippen molar-refractivity contribution in [3.8, 4) is 5.75 Å². The summed E-state index contributed by atoms with van der Waals surface area (Å²) < 4.78 is 11.2. The van der Waals surface area contributed by atoms with Gasteiger partial charge in [0.15, 0.2) is 0 Å². The molecule has 0 radical (unpaired) electrons. The third kappa shape index (κ3) is 5.01. The number of rotatable bonds is 9. The highest BCUT2D eigenvalue weighted by molar-refractivity contribution is 5.40. The third-order valence-electron chi connectivity index (χ3n) is 4.17. The van der Waals surface area contributed by atoms with E-state index < -0.39 is 0 Å². The summed E-state index contributed by atoms with van der Waals surface area (Å²) in [5.74, 6) is 1.78. The summed E-state index contributed by atoms with van der Waals surface area (Å²) in [4.78, 5) is 0. The molecule has 0 saturated heterocycles. The fraction of sp³-hybridized carbons (Fsp3) is 0.667. The zero-order chi connectivity index (χ0) is 15.1. The summed E-state index contributed by atoms with van der Waals surface area (Å²) in [6, 6.07) is 6.52. The van der Waals surface area contributed by atoms with E-state index >= 15 is 0 Å². The van der Waals surface area contributed by atoms with Crippen molar-refractivity contribution in [2.45, 2.75) is 45.6 Å². The maximum absolute atomic E-state index is 6.11. The number of benzene rings is 1. The molecule has 2 rings (SSSR count). The molecule has 1 N–H and O–H groups in total. The van der Waals surface area contributed by atoms with Crippen molar-refractivity contribution < 1.29 is 9.47 Å². The number of aryl methyl sites for hydroxylation is 1. The second-order valence-electron chi connectivity index (χ2n) is 6.14. The van der Waals surface area contributed by atoms with Crippen molar-refractivity contribution in [3.05, 3.63) is 29.3 Å². The molecule has 0 bridgehead atoms. The minimum Gasteiger partial charge on any atom is -0.490 e. The normalized spacial score (nSPS) is 18.3. The van der Waals surface area contributed by atoms with Crippen LogP contribution in [0.2, 0.25) is 0 Å². The Labute approximate surface area is 129 Å². The Morgan fingerprint density at radius 1 is 1.43 bits per heavy atom. The quantitative estimate of drug-likeness (QED) is 0.708. The number of methoxy groups -OCH3 is 1. The number of hydrogen-bond donors (Lipinski definition) is 1. The van der Waals surface area contributed by atoms with Crippen LogP contribution in [0, 0.1) is 12.8 Å². The van der Waals surface area contributed by atoms with Crippen molar-refractivity contribution in [3.63, 3.8) is 0 Å². The summed E-state index contributed by atoms with van der Waals surface area (Å²) >= 11 is 0. The number of ether oxygens (including phenoxy) is 2. The molecule has 1 aliphatic rings. The van der Waals surface area contributed by atoms with Gasteiger partial charge in [-0.1, -0.05) is 31.0 Å². The van der Waals surface area contributed by atoms with E-state index in [1.165, 1.54) is 24.0 Å². The zero-order valence-electron chi connectivity index (χ0n) is 13.7.